The number of hydrogen-bond donors (Lipinski definition) is 1. The average Bonchev–Trinajstić information content (AvgIpc) is 2.67. The second kappa shape index (κ2) is 8.69. The predicted molar refractivity (Wildman–Crippen MR) is 114 cm³/mol. The van der Waals surface area contributed by atoms with Gasteiger partial charge in [0, 0.05) is 34.0 Å². The minimum Gasteiger partial charge on any atom is -0.486 e. The monoisotopic (exact) mass is 421 g/mol. The van der Waals surface area contributed by atoms with Crippen LogP contribution in [-0.2, 0) is 5.75 Å². The van der Waals surface area contributed by atoms with Gasteiger partial charge in [-0.15, -0.1) is 12.4 Å². The number of ether oxygens (including phenoxy) is 2. The van der Waals surface area contributed by atoms with Crippen molar-refractivity contribution in [2.24, 2.45) is 10.7 Å². The fourth-order valence-electron chi connectivity index (χ4n) is 2.73. The van der Waals surface area contributed by atoms with Crippen molar-refractivity contribution in [1.82, 2.24) is 4.98 Å². The van der Waals surface area contributed by atoms with Crippen LogP contribution in [0.4, 0.5) is 5.69 Å². The number of hydrogen-bond acceptors (Lipinski definition) is 5. The number of benzene rings is 2. The van der Waals surface area contributed by atoms with E-state index in [1.807, 2.05) is 42.5 Å². The van der Waals surface area contributed by atoms with Gasteiger partial charge in [-0.05, 0) is 24.3 Å². The summed E-state index contributed by atoms with van der Waals surface area (Å²) in [5.41, 5.74) is 8.67. The Hall–Kier alpha value is -2.15. The highest BCUT2D eigenvalue weighted by Crippen LogP contribution is 2.34. The molecular formula is C19H17Cl2N3O2S. The molecule has 2 aromatic carbocycles. The maximum Gasteiger partial charge on any atom is 0.163 e. The second-order valence-electron chi connectivity index (χ2n) is 5.67. The van der Waals surface area contributed by atoms with Crippen LogP contribution in [0.3, 0.4) is 0 Å². The van der Waals surface area contributed by atoms with E-state index in [0.29, 0.717) is 34.9 Å². The second-order valence-corrected chi connectivity index (χ2v) is 7.07. The molecule has 3 aromatic rings. The molecule has 0 fully saturated rings. The van der Waals surface area contributed by atoms with Crippen LogP contribution in [0.25, 0.3) is 10.9 Å². The highest BCUT2D eigenvalue weighted by Gasteiger charge is 2.12. The van der Waals surface area contributed by atoms with Crippen LogP contribution in [0.5, 0.6) is 11.5 Å². The Kier molecular flexibility index (Phi) is 6.31. The highest BCUT2D eigenvalue weighted by molar-refractivity contribution is 8.13. The predicted octanol–water partition coefficient (Wildman–Crippen LogP) is 4.96. The standard InChI is InChI=1S/C19H16ClN3O2S.ClH/c20-15-5-3-12-2-1-7-22-18(12)14(15)11-26-19(21)23-13-4-6-16-17(10-13)25-9-8-24-16;/h1-7,10H,8-9,11H2,(H2,21,23);1H. The zero-order chi connectivity index (χ0) is 17.9. The van der Waals surface area contributed by atoms with E-state index in [4.69, 9.17) is 26.8 Å². The maximum atomic E-state index is 6.36. The first-order valence-electron chi connectivity index (χ1n) is 8.09. The molecule has 0 saturated heterocycles. The molecule has 27 heavy (non-hydrogen) atoms. The Morgan fingerprint density at radius 1 is 1.15 bits per heavy atom. The summed E-state index contributed by atoms with van der Waals surface area (Å²) in [5, 5.41) is 2.18. The number of nitrogens with zero attached hydrogens (tertiary/aromatic N) is 2. The maximum absolute atomic E-state index is 6.36. The van der Waals surface area contributed by atoms with Crippen molar-refractivity contribution in [2.75, 3.05) is 13.2 Å². The third kappa shape index (κ3) is 4.40. The molecule has 5 nitrogen and oxygen atoms in total. The van der Waals surface area contributed by atoms with E-state index < -0.39 is 0 Å². The summed E-state index contributed by atoms with van der Waals surface area (Å²) < 4.78 is 11.1. The van der Waals surface area contributed by atoms with Crippen LogP contribution < -0.4 is 15.2 Å². The molecule has 0 spiro atoms. The van der Waals surface area contributed by atoms with Gasteiger partial charge in [0.25, 0.3) is 0 Å². The van der Waals surface area contributed by atoms with E-state index in [1.54, 1.807) is 6.20 Å². The van der Waals surface area contributed by atoms with Crippen molar-refractivity contribution in [3.8, 4) is 11.5 Å². The zero-order valence-corrected chi connectivity index (χ0v) is 16.6. The summed E-state index contributed by atoms with van der Waals surface area (Å²) in [6.07, 6.45) is 1.76. The molecule has 2 N–H and O–H groups in total. The molecule has 0 unspecified atom stereocenters. The Bertz CT molecular complexity index is 998. The van der Waals surface area contributed by atoms with Gasteiger partial charge in [0.15, 0.2) is 16.7 Å². The van der Waals surface area contributed by atoms with Crippen LogP contribution in [0.1, 0.15) is 5.56 Å². The number of amidine groups is 1. The van der Waals surface area contributed by atoms with E-state index in [1.165, 1.54) is 11.8 Å². The molecule has 0 radical (unpaired) electrons. The van der Waals surface area contributed by atoms with Gasteiger partial charge in [-0.1, -0.05) is 35.5 Å². The van der Waals surface area contributed by atoms with Crippen LogP contribution in [0.2, 0.25) is 5.02 Å². The van der Waals surface area contributed by atoms with Crippen LogP contribution in [0.15, 0.2) is 53.7 Å². The molecule has 0 amide bonds. The number of nitrogens with two attached hydrogens (primary N) is 1. The number of thioether (sulfide) groups is 1. The lowest BCUT2D eigenvalue weighted by Crippen LogP contribution is -2.15. The molecule has 0 saturated carbocycles. The lowest BCUT2D eigenvalue weighted by molar-refractivity contribution is 0.171. The molecule has 0 aliphatic carbocycles. The van der Waals surface area contributed by atoms with Gasteiger partial charge in [0.05, 0.1) is 11.2 Å². The molecule has 1 aromatic heterocycles. The summed E-state index contributed by atoms with van der Waals surface area (Å²) in [4.78, 5) is 8.89. The van der Waals surface area contributed by atoms with Crippen LogP contribution in [-0.4, -0.2) is 23.4 Å². The van der Waals surface area contributed by atoms with Gasteiger partial charge in [-0.2, -0.15) is 0 Å². The number of aromatic nitrogens is 1. The number of fused-ring (bicyclic) bond motifs is 2. The molecule has 1 aliphatic heterocycles. The molecule has 2 heterocycles. The van der Waals surface area contributed by atoms with Gasteiger partial charge in [0.1, 0.15) is 13.2 Å². The Morgan fingerprint density at radius 2 is 1.96 bits per heavy atom. The third-order valence-corrected chi connectivity index (χ3v) is 5.13. The molecular weight excluding hydrogens is 405 g/mol. The largest absolute Gasteiger partial charge is 0.486 e. The SMILES string of the molecule is Cl.NC(=Nc1ccc2c(c1)OCCO2)SCc1c(Cl)ccc2cccnc12. The van der Waals surface area contributed by atoms with E-state index >= 15 is 0 Å². The molecule has 0 atom stereocenters. The Morgan fingerprint density at radius 3 is 2.81 bits per heavy atom. The number of rotatable bonds is 3. The van der Waals surface area contributed by atoms with E-state index in [9.17, 15) is 0 Å². The average molecular weight is 422 g/mol. The van der Waals surface area contributed by atoms with Crippen molar-refractivity contribution in [3.63, 3.8) is 0 Å². The number of pyridine rings is 1. The van der Waals surface area contributed by atoms with Crippen molar-refractivity contribution < 1.29 is 9.47 Å². The van der Waals surface area contributed by atoms with Crippen LogP contribution in [0, 0.1) is 0 Å². The van der Waals surface area contributed by atoms with Gasteiger partial charge in [-0.25, -0.2) is 4.99 Å². The molecule has 8 heteroatoms. The number of halogens is 2. The summed E-state index contributed by atoms with van der Waals surface area (Å²) in [5.74, 6) is 2.01. The first-order valence-corrected chi connectivity index (χ1v) is 9.46. The quantitative estimate of drug-likeness (QED) is 0.477. The Balaban J connectivity index is 0.00000210. The lowest BCUT2D eigenvalue weighted by atomic mass is 10.1. The van der Waals surface area contributed by atoms with Gasteiger partial charge >= 0.3 is 0 Å². The minimum absolute atomic E-state index is 0. The van der Waals surface area contributed by atoms with Crippen molar-refractivity contribution in [1.29, 1.82) is 0 Å². The van der Waals surface area contributed by atoms with E-state index in [0.717, 1.165) is 27.9 Å². The summed E-state index contributed by atoms with van der Waals surface area (Å²) in [7, 11) is 0. The first kappa shape index (κ1) is 19.6. The minimum atomic E-state index is 0. The van der Waals surface area contributed by atoms with E-state index in [-0.39, 0.29) is 12.4 Å². The number of aliphatic imine (C=N–C) groups is 1. The smallest absolute Gasteiger partial charge is 0.163 e. The highest BCUT2D eigenvalue weighted by atomic mass is 35.5. The van der Waals surface area contributed by atoms with Crippen molar-refractivity contribution in [2.45, 2.75) is 5.75 Å². The summed E-state index contributed by atoms with van der Waals surface area (Å²) in [6.45, 7) is 1.10. The van der Waals surface area contributed by atoms with Crippen molar-refractivity contribution in [3.05, 3.63) is 59.2 Å². The Labute approximate surface area is 172 Å². The van der Waals surface area contributed by atoms with Gasteiger partial charge < -0.3 is 15.2 Å². The van der Waals surface area contributed by atoms with E-state index in [2.05, 4.69) is 9.98 Å². The lowest BCUT2D eigenvalue weighted by Gasteiger charge is -2.18. The topological polar surface area (TPSA) is 69.7 Å². The normalized spacial score (nSPS) is 13.3. The molecule has 1 aliphatic rings. The fraction of sp³-hybridized carbons (Fsp3) is 0.158. The fourth-order valence-corrected chi connectivity index (χ4v) is 3.78. The van der Waals surface area contributed by atoms with Gasteiger partial charge in [0.2, 0.25) is 0 Å². The molecule has 4 rings (SSSR count). The first-order chi connectivity index (χ1) is 12.7. The molecule has 140 valence electrons. The van der Waals surface area contributed by atoms with Gasteiger partial charge in [-0.3, -0.25) is 4.98 Å². The molecule has 0 bridgehead atoms. The van der Waals surface area contributed by atoms with Crippen LogP contribution >= 0.6 is 35.8 Å². The summed E-state index contributed by atoms with van der Waals surface area (Å²) >= 11 is 7.78. The summed E-state index contributed by atoms with van der Waals surface area (Å²) in [6, 6.07) is 13.3. The van der Waals surface area contributed by atoms with Crippen molar-refractivity contribution >= 4 is 57.5 Å². The third-order valence-electron chi connectivity index (χ3n) is 3.95. The zero-order valence-electron chi connectivity index (χ0n) is 14.2.